The summed E-state index contributed by atoms with van der Waals surface area (Å²) in [6.45, 7) is 2.51. The van der Waals surface area contributed by atoms with E-state index in [9.17, 15) is 0 Å². The maximum atomic E-state index is 6.03. The van der Waals surface area contributed by atoms with E-state index < -0.39 is 0 Å². The normalized spacial score (nSPS) is 15.3. The average molecular weight is 423 g/mol. The van der Waals surface area contributed by atoms with Crippen molar-refractivity contribution in [3.63, 3.8) is 0 Å². The SMILES string of the molecule is COc1ccc(CN=C(N)N2CCSCC2)cc1OC.I. The van der Waals surface area contributed by atoms with Crippen LogP contribution < -0.4 is 15.2 Å². The molecule has 0 bridgehead atoms. The van der Waals surface area contributed by atoms with Crippen molar-refractivity contribution in [2.24, 2.45) is 10.7 Å². The molecule has 2 rings (SSSR count). The summed E-state index contributed by atoms with van der Waals surface area (Å²) in [6.07, 6.45) is 0. The van der Waals surface area contributed by atoms with Crippen LogP contribution in [0.25, 0.3) is 0 Å². The van der Waals surface area contributed by atoms with Crippen LogP contribution in [0.1, 0.15) is 5.56 Å². The highest BCUT2D eigenvalue weighted by atomic mass is 127. The van der Waals surface area contributed by atoms with E-state index in [-0.39, 0.29) is 24.0 Å². The van der Waals surface area contributed by atoms with Crippen LogP contribution in [0.5, 0.6) is 11.5 Å². The van der Waals surface area contributed by atoms with E-state index in [4.69, 9.17) is 15.2 Å². The third-order valence-electron chi connectivity index (χ3n) is 3.21. The number of hydrogen-bond acceptors (Lipinski definition) is 4. The Morgan fingerprint density at radius 1 is 1.24 bits per heavy atom. The Kier molecular flexibility index (Phi) is 8.02. The Balaban J connectivity index is 0.00000220. The lowest BCUT2D eigenvalue weighted by Crippen LogP contribution is -2.42. The Hall–Kier alpha value is -0.830. The minimum absolute atomic E-state index is 0. The first-order chi connectivity index (χ1) is 9.74. The van der Waals surface area contributed by atoms with Crippen LogP contribution in [0.2, 0.25) is 0 Å². The number of rotatable bonds is 4. The Labute approximate surface area is 147 Å². The summed E-state index contributed by atoms with van der Waals surface area (Å²) in [5.41, 5.74) is 7.09. The van der Waals surface area contributed by atoms with Crippen LogP contribution >= 0.6 is 35.7 Å². The van der Waals surface area contributed by atoms with Crippen molar-refractivity contribution in [2.45, 2.75) is 6.54 Å². The first-order valence-electron chi connectivity index (χ1n) is 6.58. The molecule has 1 aromatic carbocycles. The van der Waals surface area contributed by atoms with Gasteiger partial charge < -0.3 is 20.1 Å². The Morgan fingerprint density at radius 2 is 1.90 bits per heavy atom. The van der Waals surface area contributed by atoms with Crippen LogP contribution in [0.4, 0.5) is 0 Å². The fourth-order valence-corrected chi connectivity index (χ4v) is 2.95. The van der Waals surface area contributed by atoms with Crippen molar-refractivity contribution in [1.29, 1.82) is 0 Å². The zero-order valence-corrected chi connectivity index (χ0v) is 15.5. The second-order valence-corrected chi connectivity index (χ2v) is 5.69. The van der Waals surface area contributed by atoms with Crippen molar-refractivity contribution in [1.82, 2.24) is 4.90 Å². The minimum atomic E-state index is 0. The van der Waals surface area contributed by atoms with E-state index in [0.29, 0.717) is 18.3 Å². The molecule has 0 saturated carbocycles. The van der Waals surface area contributed by atoms with Gasteiger partial charge in [0.15, 0.2) is 17.5 Å². The highest BCUT2D eigenvalue weighted by molar-refractivity contribution is 14.0. The summed E-state index contributed by atoms with van der Waals surface area (Å²) in [5.74, 6) is 4.30. The molecule has 0 aliphatic carbocycles. The van der Waals surface area contributed by atoms with Gasteiger partial charge in [0.25, 0.3) is 0 Å². The lowest BCUT2D eigenvalue weighted by atomic mass is 10.2. The molecule has 118 valence electrons. The molecule has 1 saturated heterocycles. The molecule has 1 aliphatic heterocycles. The van der Waals surface area contributed by atoms with Gasteiger partial charge in [-0.25, -0.2) is 4.99 Å². The van der Waals surface area contributed by atoms with E-state index in [1.165, 1.54) is 0 Å². The largest absolute Gasteiger partial charge is 0.493 e. The van der Waals surface area contributed by atoms with Gasteiger partial charge in [-0.1, -0.05) is 6.07 Å². The second-order valence-electron chi connectivity index (χ2n) is 4.46. The molecule has 2 N–H and O–H groups in total. The van der Waals surface area contributed by atoms with Gasteiger partial charge >= 0.3 is 0 Å². The van der Waals surface area contributed by atoms with Gasteiger partial charge in [-0.3, -0.25) is 0 Å². The average Bonchev–Trinajstić information content (AvgIpc) is 2.53. The van der Waals surface area contributed by atoms with Gasteiger partial charge in [-0.15, -0.1) is 24.0 Å². The van der Waals surface area contributed by atoms with Gasteiger partial charge in [0.2, 0.25) is 0 Å². The third kappa shape index (κ3) is 5.14. The molecule has 0 amide bonds. The Bertz CT molecular complexity index is 479. The predicted octanol–water partition coefficient (Wildman–Crippen LogP) is 2.19. The molecular weight excluding hydrogens is 401 g/mol. The second kappa shape index (κ2) is 9.24. The summed E-state index contributed by atoms with van der Waals surface area (Å²) in [6, 6.07) is 5.79. The molecule has 0 unspecified atom stereocenters. The number of hydrogen-bond donors (Lipinski definition) is 1. The van der Waals surface area contributed by atoms with E-state index in [2.05, 4.69) is 9.89 Å². The fourth-order valence-electron chi connectivity index (χ4n) is 2.04. The predicted molar refractivity (Wildman–Crippen MR) is 99.2 cm³/mol. The number of nitrogens with zero attached hydrogens (tertiary/aromatic N) is 2. The molecule has 1 aliphatic rings. The zero-order chi connectivity index (χ0) is 14.4. The smallest absolute Gasteiger partial charge is 0.191 e. The molecule has 1 fully saturated rings. The van der Waals surface area contributed by atoms with Crippen LogP contribution in [-0.2, 0) is 6.54 Å². The van der Waals surface area contributed by atoms with Gasteiger partial charge in [0.1, 0.15) is 0 Å². The minimum Gasteiger partial charge on any atom is -0.493 e. The van der Waals surface area contributed by atoms with E-state index in [1.807, 2.05) is 30.0 Å². The molecule has 7 heteroatoms. The monoisotopic (exact) mass is 423 g/mol. The number of guanidine groups is 1. The van der Waals surface area contributed by atoms with Gasteiger partial charge in [-0.05, 0) is 17.7 Å². The molecule has 5 nitrogen and oxygen atoms in total. The molecule has 21 heavy (non-hydrogen) atoms. The van der Waals surface area contributed by atoms with E-state index in [1.54, 1.807) is 14.2 Å². The molecule has 0 radical (unpaired) electrons. The number of thioether (sulfide) groups is 1. The summed E-state index contributed by atoms with van der Waals surface area (Å²) >= 11 is 1.96. The van der Waals surface area contributed by atoms with Gasteiger partial charge in [0, 0.05) is 24.6 Å². The van der Waals surface area contributed by atoms with Gasteiger partial charge in [-0.2, -0.15) is 11.8 Å². The maximum Gasteiger partial charge on any atom is 0.191 e. The summed E-state index contributed by atoms with van der Waals surface area (Å²) in [7, 11) is 3.26. The zero-order valence-electron chi connectivity index (χ0n) is 12.4. The highest BCUT2D eigenvalue weighted by Crippen LogP contribution is 2.27. The van der Waals surface area contributed by atoms with Crippen molar-refractivity contribution >= 4 is 41.7 Å². The third-order valence-corrected chi connectivity index (χ3v) is 4.15. The van der Waals surface area contributed by atoms with Crippen molar-refractivity contribution in [3.8, 4) is 11.5 Å². The number of benzene rings is 1. The maximum absolute atomic E-state index is 6.03. The lowest BCUT2D eigenvalue weighted by Gasteiger charge is -2.27. The van der Waals surface area contributed by atoms with Crippen molar-refractivity contribution < 1.29 is 9.47 Å². The van der Waals surface area contributed by atoms with Crippen LogP contribution in [-0.4, -0.2) is 49.7 Å². The van der Waals surface area contributed by atoms with Crippen molar-refractivity contribution in [2.75, 3.05) is 38.8 Å². The number of nitrogens with two attached hydrogens (primary N) is 1. The molecule has 0 aromatic heterocycles. The van der Waals surface area contributed by atoms with Gasteiger partial charge in [0.05, 0.1) is 20.8 Å². The number of halogens is 1. The summed E-state index contributed by atoms with van der Waals surface area (Å²) < 4.78 is 10.5. The molecule has 0 spiro atoms. The number of aliphatic imine (C=N–C) groups is 1. The van der Waals surface area contributed by atoms with Crippen LogP contribution in [0.3, 0.4) is 0 Å². The first-order valence-corrected chi connectivity index (χ1v) is 7.73. The fraction of sp³-hybridized carbons (Fsp3) is 0.500. The highest BCUT2D eigenvalue weighted by Gasteiger charge is 2.12. The molecule has 1 aromatic rings. The summed E-state index contributed by atoms with van der Waals surface area (Å²) in [4.78, 5) is 6.60. The standard InChI is InChI=1S/C14H21N3O2S.HI/c1-18-12-4-3-11(9-13(12)19-2)10-16-14(15)17-5-7-20-8-6-17;/h3-4,9H,5-8,10H2,1-2H3,(H2,15,16);1H. The summed E-state index contributed by atoms with van der Waals surface area (Å²) in [5, 5.41) is 0. The quantitative estimate of drug-likeness (QED) is 0.457. The Morgan fingerprint density at radius 3 is 2.52 bits per heavy atom. The van der Waals surface area contributed by atoms with Crippen LogP contribution in [0.15, 0.2) is 23.2 Å². The van der Waals surface area contributed by atoms with E-state index in [0.717, 1.165) is 35.9 Å². The lowest BCUT2D eigenvalue weighted by molar-refractivity contribution is 0.354. The van der Waals surface area contributed by atoms with E-state index >= 15 is 0 Å². The molecule has 1 heterocycles. The first kappa shape index (κ1) is 18.2. The number of methoxy groups -OCH3 is 2. The molecule has 0 atom stereocenters. The van der Waals surface area contributed by atoms with Crippen molar-refractivity contribution in [3.05, 3.63) is 23.8 Å². The van der Waals surface area contributed by atoms with Crippen LogP contribution in [0, 0.1) is 0 Å². The number of ether oxygens (including phenoxy) is 2. The molecular formula is C14H22IN3O2S. The topological polar surface area (TPSA) is 60.1 Å².